The van der Waals surface area contributed by atoms with E-state index in [4.69, 9.17) is 5.11 Å². The topological polar surface area (TPSA) is 37.3 Å². The Bertz CT molecular complexity index is 141. The Morgan fingerprint density at radius 3 is 2.58 bits per heavy atom. The monoisotopic (exact) mass is 170 g/mol. The maximum Gasteiger partial charge on any atom is 0.122 e. The molecule has 70 valence electrons. The molecule has 2 unspecified atom stereocenters. The van der Waals surface area contributed by atoms with Crippen LogP contribution in [0.2, 0.25) is 0 Å². The molecule has 2 atom stereocenters. The smallest absolute Gasteiger partial charge is 0.122 e. The average Bonchev–Trinajstić information content (AvgIpc) is 2.02. The van der Waals surface area contributed by atoms with Crippen LogP contribution in [0.4, 0.5) is 0 Å². The van der Waals surface area contributed by atoms with Crippen molar-refractivity contribution in [3.8, 4) is 0 Å². The maximum atomic E-state index is 9.99. The van der Waals surface area contributed by atoms with Crippen molar-refractivity contribution in [2.45, 2.75) is 39.2 Å². The third kappa shape index (κ3) is 6.10. The maximum absolute atomic E-state index is 9.99. The summed E-state index contributed by atoms with van der Waals surface area (Å²) in [6.45, 7) is 4.24. The summed E-state index contributed by atoms with van der Waals surface area (Å²) in [4.78, 5) is 9.99. The summed E-state index contributed by atoms with van der Waals surface area (Å²) in [7, 11) is 0. The second-order valence-electron chi connectivity index (χ2n) is 3.12. The van der Waals surface area contributed by atoms with Gasteiger partial charge in [-0.2, -0.15) is 0 Å². The minimum absolute atomic E-state index is 0.204. The highest BCUT2D eigenvalue weighted by Crippen LogP contribution is 2.07. The molecule has 1 N–H and O–H groups in total. The van der Waals surface area contributed by atoms with Crippen LogP contribution in [-0.2, 0) is 4.79 Å². The summed E-state index contributed by atoms with van der Waals surface area (Å²) in [6, 6.07) is 0. The first-order valence-corrected chi connectivity index (χ1v) is 4.50. The number of rotatable bonds is 6. The third-order valence-electron chi connectivity index (χ3n) is 1.74. The summed E-state index contributed by atoms with van der Waals surface area (Å²) >= 11 is 0. The molecule has 0 fully saturated rings. The van der Waals surface area contributed by atoms with E-state index in [2.05, 4.69) is 13.8 Å². The van der Waals surface area contributed by atoms with E-state index in [9.17, 15) is 4.79 Å². The molecule has 0 saturated heterocycles. The number of aldehydes is 1. The first-order valence-electron chi connectivity index (χ1n) is 4.50. The van der Waals surface area contributed by atoms with Crippen LogP contribution in [0.1, 0.15) is 33.1 Å². The molecule has 0 bridgehead atoms. The van der Waals surface area contributed by atoms with Crippen molar-refractivity contribution in [3.63, 3.8) is 0 Å². The highest BCUT2D eigenvalue weighted by molar-refractivity contribution is 5.50. The number of hydrogen-bond donors (Lipinski definition) is 1. The van der Waals surface area contributed by atoms with Crippen LogP contribution < -0.4 is 0 Å². The summed E-state index contributed by atoms with van der Waals surface area (Å²) in [5, 5.41) is 9.15. The van der Waals surface area contributed by atoms with Crippen molar-refractivity contribution in [2.24, 2.45) is 5.92 Å². The highest BCUT2D eigenvalue weighted by Gasteiger charge is 1.98. The van der Waals surface area contributed by atoms with Crippen molar-refractivity contribution >= 4 is 6.29 Å². The molecule has 0 aromatic rings. The summed E-state index contributed by atoms with van der Waals surface area (Å²) in [5.74, 6) is 0.497. The fourth-order valence-corrected chi connectivity index (χ4v) is 1.05. The number of allylic oxidation sites excluding steroid dienone is 1. The first kappa shape index (κ1) is 11.4. The lowest BCUT2D eigenvalue weighted by molar-refractivity contribution is -0.109. The second kappa shape index (κ2) is 7.04. The van der Waals surface area contributed by atoms with Crippen molar-refractivity contribution in [3.05, 3.63) is 12.2 Å². The minimum Gasteiger partial charge on any atom is -0.389 e. The Hall–Kier alpha value is -0.630. The zero-order valence-corrected chi connectivity index (χ0v) is 7.86. The molecule has 0 aromatic carbocycles. The zero-order valence-electron chi connectivity index (χ0n) is 7.86. The molecule has 0 aromatic heterocycles. The van der Waals surface area contributed by atoms with E-state index in [1.165, 1.54) is 0 Å². The predicted molar refractivity (Wildman–Crippen MR) is 49.9 cm³/mol. The number of carbonyl (C=O) groups is 1. The quantitative estimate of drug-likeness (QED) is 0.488. The van der Waals surface area contributed by atoms with E-state index in [1.54, 1.807) is 6.08 Å². The number of aliphatic hydroxyl groups is 1. The van der Waals surface area contributed by atoms with Crippen LogP contribution in [-0.4, -0.2) is 17.5 Å². The largest absolute Gasteiger partial charge is 0.389 e. The molecule has 0 amide bonds. The van der Waals surface area contributed by atoms with Crippen LogP contribution in [0, 0.1) is 5.92 Å². The lowest BCUT2D eigenvalue weighted by Crippen LogP contribution is -2.03. The molecule has 2 heteroatoms. The van der Waals surface area contributed by atoms with Gasteiger partial charge in [-0.1, -0.05) is 32.4 Å². The van der Waals surface area contributed by atoms with Gasteiger partial charge in [0.15, 0.2) is 0 Å². The Morgan fingerprint density at radius 2 is 2.08 bits per heavy atom. The fourth-order valence-electron chi connectivity index (χ4n) is 1.05. The van der Waals surface area contributed by atoms with Gasteiger partial charge in [-0.15, -0.1) is 0 Å². The molecular formula is C10H18O2. The third-order valence-corrected chi connectivity index (χ3v) is 1.74. The molecule has 0 radical (unpaired) electrons. The van der Waals surface area contributed by atoms with Gasteiger partial charge in [-0.05, 0) is 12.3 Å². The number of carbonyl (C=O) groups excluding carboxylic acids is 1. The van der Waals surface area contributed by atoms with Crippen molar-refractivity contribution in [2.75, 3.05) is 0 Å². The lowest BCUT2D eigenvalue weighted by atomic mass is 10.0. The van der Waals surface area contributed by atoms with Crippen LogP contribution in [0.3, 0.4) is 0 Å². The van der Waals surface area contributed by atoms with Gasteiger partial charge >= 0.3 is 0 Å². The standard InChI is InChI=1S/C10H18O2/c1-3-4-9(2)5-6-10(12)7-8-11/h5-6,8-10,12H,3-4,7H2,1-2H3. The SMILES string of the molecule is CCCC(C)C=CC(O)CC=O. The Labute approximate surface area is 74.3 Å². The lowest BCUT2D eigenvalue weighted by Gasteiger charge is -2.04. The highest BCUT2D eigenvalue weighted by atomic mass is 16.3. The minimum atomic E-state index is -0.596. The molecule has 0 spiro atoms. The van der Waals surface area contributed by atoms with E-state index in [1.807, 2.05) is 6.08 Å². The Balaban J connectivity index is 3.63. The van der Waals surface area contributed by atoms with Crippen LogP contribution in [0.5, 0.6) is 0 Å². The molecule has 2 nitrogen and oxygen atoms in total. The average molecular weight is 170 g/mol. The van der Waals surface area contributed by atoms with Crippen LogP contribution >= 0.6 is 0 Å². The van der Waals surface area contributed by atoms with Gasteiger partial charge in [0.1, 0.15) is 6.29 Å². The van der Waals surface area contributed by atoms with Gasteiger partial charge in [-0.25, -0.2) is 0 Å². The van der Waals surface area contributed by atoms with Gasteiger partial charge in [0, 0.05) is 6.42 Å². The molecular weight excluding hydrogens is 152 g/mol. The Morgan fingerprint density at radius 1 is 1.42 bits per heavy atom. The summed E-state index contributed by atoms with van der Waals surface area (Å²) < 4.78 is 0. The van der Waals surface area contributed by atoms with Gasteiger partial charge in [-0.3, -0.25) is 0 Å². The number of hydrogen-bond acceptors (Lipinski definition) is 2. The van der Waals surface area contributed by atoms with Crippen LogP contribution in [0.15, 0.2) is 12.2 Å². The van der Waals surface area contributed by atoms with Gasteiger partial charge < -0.3 is 9.90 Å². The summed E-state index contributed by atoms with van der Waals surface area (Å²) in [6.07, 6.45) is 6.29. The predicted octanol–water partition coefficient (Wildman–Crippen LogP) is 1.93. The molecule has 0 aliphatic carbocycles. The second-order valence-corrected chi connectivity index (χ2v) is 3.12. The summed E-state index contributed by atoms with van der Waals surface area (Å²) in [5.41, 5.74) is 0. The fraction of sp³-hybridized carbons (Fsp3) is 0.700. The zero-order chi connectivity index (χ0) is 9.40. The molecule has 12 heavy (non-hydrogen) atoms. The molecule has 0 rings (SSSR count). The van der Waals surface area contributed by atoms with Crippen molar-refractivity contribution in [1.29, 1.82) is 0 Å². The molecule has 0 heterocycles. The molecule has 0 saturated carbocycles. The van der Waals surface area contributed by atoms with E-state index in [0.717, 1.165) is 19.1 Å². The van der Waals surface area contributed by atoms with Crippen molar-refractivity contribution in [1.82, 2.24) is 0 Å². The van der Waals surface area contributed by atoms with Gasteiger partial charge in [0.05, 0.1) is 6.10 Å². The van der Waals surface area contributed by atoms with E-state index < -0.39 is 6.10 Å². The van der Waals surface area contributed by atoms with E-state index in [-0.39, 0.29) is 6.42 Å². The van der Waals surface area contributed by atoms with Crippen molar-refractivity contribution < 1.29 is 9.90 Å². The van der Waals surface area contributed by atoms with E-state index in [0.29, 0.717) is 5.92 Å². The van der Waals surface area contributed by atoms with Crippen LogP contribution in [0.25, 0.3) is 0 Å². The Kier molecular flexibility index (Phi) is 6.67. The molecule has 0 aliphatic heterocycles. The van der Waals surface area contributed by atoms with E-state index >= 15 is 0 Å². The first-order chi connectivity index (χ1) is 5.70. The molecule has 0 aliphatic rings. The normalized spacial score (nSPS) is 16.2. The van der Waals surface area contributed by atoms with Gasteiger partial charge in [0.25, 0.3) is 0 Å². The van der Waals surface area contributed by atoms with Gasteiger partial charge in [0.2, 0.25) is 0 Å². The number of aliphatic hydroxyl groups excluding tert-OH is 1.